The maximum absolute atomic E-state index is 13.2. The highest BCUT2D eigenvalue weighted by atomic mass is 19.1. The van der Waals surface area contributed by atoms with Crippen molar-refractivity contribution in [3.05, 3.63) is 35.7 Å². The molecule has 0 aromatic heterocycles. The van der Waals surface area contributed by atoms with Crippen LogP contribution in [0.1, 0.15) is 27.2 Å². The molecule has 0 spiro atoms. The van der Waals surface area contributed by atoms with E-state index in [0.717, 1.165) is 5.57 Å². The molecule has 1 aliphatic heterocycles. The van der Waals surface area contributed by atoms with Gasteiger partial charge in [0, 0.05) is 7.05 Å². The minimum absolute atomic E-state index is 0.00224. The fourth-order valence-electron chi connectivity index (χ4n) is 1.65. The van der Waals surface area contributed by atoms with Crippen molar-refractivity contribution in [1.82, 2.24) is 4.90 Å². The minimum Gasteiger partial charge on any atom is -0.440 e. The van der Waals surface area contributed by atoms with Gasteiger partial charge in [0.1, 0.15) is 11.9 Å². The number of halogens is 1. The lowest BCUT2D eigenvalue weighted by Crippen LogP contribution is -2.29. The zero-order chi connectivity index (χ0) is 13.7. The number of amides is 1. The number of carbonyl (C=O) groups is 1. The summed E-state index contributed by atoms with van der Waals surface area (Å²) < 4.78 is 18.4. The van der Waals surface area contributed by atoms with Gasteiger partial charge in [-0.15, -0.1) is 0 Å². The van der Waals surface area contributed by atoms with E-state index in [1.807, 2.05) is 20.8 Å². The predicted molar refractivity (Wildman–Crippen MR) is 69.9 cm³/mol. The number of rotatable bonds is 4. The van der Waals surface area contributed by atoms with E-state index in [-0.39, 0.29) is 24.1 Å². The Morgan fingerprint density at radius 2 is 2.22 bits per heavy atom. The van der Waals surface area contributed by atoms with E-state index < -0.39 is 0 Å². The number of allylic oxidation sites excluding steroid dienone is 5. The van der Waals surface area contributed by atoms with Crippen LogP contribution in [-0.4, -0.2) is 30.2 Å². The third-order valence-electron chi connectivity index (χ3n) is 2.92. The fourth-order valence-corrected chi connectivity index (χ4v) is 1.65. The Kier molecular flexibility index (Phi) is 5.13. The lowest BCUT2D eigenvalue weighted by atomic mass is 10.1. The second kappa shape index (κ2) is 6.38. The second-order valence-corrected chi connectivity index (χ2v) is 4.44. The molecular formula is C14H20FNO2. The molecule has 0 N–H and O–H groups in total. The number of nitrogens with zero attached hydrogens (tertiary/aromatic N) is 1. The summed E-state index contributed by atoms with van der Waals surface area (Å²) in [6, 6.07) is -0.00224. The molecule has 0 aromatic rings. The number of ether oxygens (including phenoxy) is 1. The van der Waals surface area contributed by atoms with Gasteiger partial charge in [0.2, 0.25) is 0 Å². The average molecular weight is 253 g/mol. The van der Waals surface area contributed by atoms with E-state index >= 15 is 0 Å². The fraction of sp³-hybridized carbons (Fsp3) is 0.500. The molecule has 2 atom stereocenters. The minimum atomic E-state index is -0.323. The van der Waals surface area contributed by atoms with E-state index in [1.54, 1.807) is 24.1 Å². The van der Waals surface area contributed by atoms with Crippen molar-refractivity contribution >= 4 is 6.09 Å². The van der Waals surface area contributed by atoms with Crippen LogP contribution in [0.4, 0.5) is 9.18 Å². The second-order valence-electron chi connectivity index (χ2n) is 4.44. The Morgan fingerprint density at radius 3 is 2.72 bits per heavy atom. The molecule has 1 saturated heterocycles. The van der Waals surface area contributed by atoms with Crippen molar-refractivity contribution in [2.75, 3.05) is 7.05 Å². The van der Waals surface area contributed by atoms with Gasteiger partial charge in [-0.1, -0.05) is 13.0 Å². The van der Waals surface area contributed by atoms with E-state index in [1.165, 1.54) is 12.2 Å². The van der Waals surface area contributed by atoms with Crippen LogP contribution < -0.4 is 0 Å². The van der Waals surface area contributed by atoms with Crippen LogP contribution in [0, 0.1) is 0 Å². The molecule has 1 aliphatic rings. The van der Waals surface area contributed by atoms with Gasteiger partial charge in [-0.05, 0) is 44.1 Å². The quantitative estimate of drug-likeness (QED) is 0.716. The Bertz CT molecular complexity index is 399. The number of likely N-dealkylation sites (N-methyl/N-ethyl adjacent to an activating group) is 1. The maximum Gasteiger partial charge on any atom is 0.410 e. The topological polar surface area (TPSA) is 29.5 Å². The zero-order valence-electron chi connectivity index (χ0n) is 11.3. The molecule has 2 unspecified atom stereocenters. The van der Waals surface area contributed by atoms with Crippen LogP contribution in [0.15, 0.2) is 35.7 Å². The van der Waals surface area contributed by atoms with Crippen molar-refractivity contribution in [3.63, 3.8) is 0 Å². The SMILES string of the molecule is CC\C=C(F)/C=C(C)\C=C\C1OC(=O)N(C)C1C. The van der Waals surface area contributed by atoms with Gasteiger partial charge < -0.3 is 9.64 Å². The van der Waals surface area contributed by atoms with Gasteiger partial charge in [-0.3, -0.25) is 0 Å². The van der Waals surface area contributed by atoms with E-state index in [4.69, 9.17) is 4.74 Å². The number of cyclic esters (lactones) is 1. The monoisotopic (exact) mass is 253 g/mol. The van der Waals surface area contributed by atoms with Gasteiger partial charge in [-0.25, -0.2) is 9.18 Å². The highest BCUT2D eigenvalue weighted by Gasteiger charge is 2.34. The van der Waals surface area contributed by atoms with Gasteiger partial charge in [0.15, 0.2) is 0 Å². The van der Waals surface area contributed by atoms with Crippen molar-refractivity contribution in [3.8, 4) is 0 Å². The van der Waals surface area contributed by atoms with Crippen LogP contribution in [0.3, 0.4) is 0 Å². The Labute approximate surface area is 108 Å². The third-order valence-corrected chi connectivity index (χ3v) is 2.92. The highest BCUT2D eigenvalue weighted by molar-refractivity contribution is 5.70. The molecule has 0 aromatic carbocycles. The summed E-state index contributed by atoms with van der Waals surface area (Å²) in [6.07, 6.45) is 6.61. The predicted octanol–water partition coefficient (Wildman–Crippen LogP) is 3.59. The van der Waals surface area contributed by atoms with E-state index in [9.17, 15) is 9.18 Å². The summed E-state index contributed by atoms with van der Waals surface area (Å²) in [5.41, 5.74) is 0.787. The molecular weight excluding hydrogens is 233 g/mol. The third kappa shape index (κ3) is 3.72. The molecule has 4 heteroatoms. The zero-order valence-corrected chi connectivity index (χ0v) is 11.3. The molecule has 1 fully saturated rings. The lowest BCUT2D eigenvalue weighted by Gasteiger charge is -2.13. The van der Waals surface area contributed by atoms with Crippen LogP contribution in [-0.2, 0) is 4.74 Å². The number of hydrogen-bond acceptors (Lipinski definition) is 2. The average Bonchev–Trinajstić information content (AvgIpc) is 2.54. The van der Waals surface area contributed by atoms with Gasteiger partial charge in [0.25, 0.3) is 0 Å². The van der Waals surface area contributed by atoms with Crippen LogP contribution in [0.2, 0.25) is 0 Å². The molecule has 18 heavy (non-hydrogen) atoms. The van der Waals surface area contributed by atoms with E-state index in [0.29, 0.717) is 6.42 Å². The van der Waals surface area contributed by atoms with Gasteiger partial charge >= 0.3 is 6.09 Å². The van der Waals surface area contributed by atoms with Gasteiger partial charge in [0.05, 0.1) is 6.04 Å². The summed E-state index contributed by atoms with van der Waals surface area (Å²) in [5.74, 6) is -0.242. The number of hydrogen-bond donors (Lipinski definition) is 0. The molecule has 1 heterocycles. The molecule has 0 bridgehead atoms. The highest BCUT2D eigenvalue weighted by Crippen LogP contribution is 2.18. The summed E-state index contributed by atoms with van der Waals surface area (Å²) in [4.78, 5) is 12.8. The van der Waals surface area contributed by atoms with Crippen molar-refractivity contribution in [2.24, 2.45) is 0 Å². The normalized spacial score (nSPS) is 26.1. The molecule has 0 saturated carbocycles. The molecule has 3 nitrogen and oxygen atoms in total. The van der Waals surface area contributed by atoms with Gasteiger partial charge in [-0.2, -0.15) is 0 Å². The van der Waals surface area contributed by atoms with Crippen molar-refractivity contribution in [2.45, 2.75) is 39.3 Å². The Balaban J connectivity index is 2.65. The molecule has 1 rings (SSSR count). The summed E-state index contributed by atoms with van der Waals surface area (Å²) in [6.45, 7) is 5.61. The largest absolute Gasteiger partial charge is 0.440 e. The van der Waals surface area contributed by atoms with Crippen molar-refractivity contribution in [1.29, 1.82) is 0 Å². The standard InChI is InChI=1S/C14H20FNO2/c1-5-6-12(15)9-10(2)7-8-13-11(3)16(4)14(17)18-13/h6-9,11,13H,5H2,1-4H3/b8-7+,10-9-,12-6+. The van der Waals surface area contributed by atoms with Crippen molar-refractivity contribution < 1.29 is 13.9 Å². The summed E-state index contributed by atoms with van der Waals surface area (Å²) >= 11 is 0. The first-order valence-electron chi connectivity index (χ1n) is 6.11. The molecule has 0 radical (unpaired) electrons. The Morgan fingerprint density at radius 1 is 1.56 bits per heavy atom. The summed E-state index contributed by atoms with van der Waals surface area (Å²) in [7, 11) is 1.70. The van der Waals surface area contributed by atoms with Crippen LogP contribution >= 0.6 is 0 Å². The first-order valence-corrected chi connectivity index (χ1v) is 6.11. The molecule has 1 amide bonds. The number of carbonyl (C=O) groups excluding carboxylic acids is 1. The Hall–Kier alpha value is -1.58. The molecule has 100 valence electrons. The smallest absolute Gasteiger partial charge is 0.410 e. The first kappa shape index (κ1) is 14.5. The first-order chi connectivity index (χ1) is 8.45. The molecule has 0 aliphatic carbocycles. The lowest BCUT2D eigenvalue weighted by molar-refractivity contribution is 0.148. The van der Waals surface area contributed by atoms with E-state index in [2.05, 4.69) is 0 Å². The summed E-state index contributed by atoms with van der Waals surface area (Å²) in [5, 5.41) is 0. The maximum atomic E-state index is 13.2. The van der Waals surface area contributed by atoms with Crippen LogP contribution in [0.25, 0.3) is 0 Å². The van der Waals surface area contributed by atoms with Crippen LogP contribution in [0.5, 0.6) is 0 Å².